The van der Waals surface area contributed by atoms with Crippen LogP contribution in [0, 0.1) is 56.7 Å². The molecule has 0 spiro atoms. The van der Waals surface area contributed by atoms with Gasteiger partial charge < -0.3 is 15.5 Å². The van der Waals surface area contributed by atoms with E-state index in [4.69, 9.17) is 0 Å². The van der Waals surface area contributed by atoms with Crippen LogP contribution in [0.15, 0.2) is 36.4 Å². The summed E-state index contributed by atoms with van der Waals surface area (Å²) in [5.74, 6) is 1.70. The minimum absolute atomic E-state index is 0.0443. The zero-order chi connectivity index (χ0) is 31.9. The van der Waals surface area contributed by atoms with Crippen molar-refractivity contribution in [3.63, 3.8) is 0 Å². The number of carboxylic acid groups (broad SMARTS) is 1. The number of carbonyl (C=O) groups is 2. The standard InChI is InChI=1S/C39H57NO4/c1-24(2)27-13-19-39(34(44)40-22-16-25-9-8-10-26(23-25)33(42)43)21-20-37(6)28(32(27)39)11-12-30-36(5)17-15-31(41)35(3,4)29(36)14-18-38(30,37)7/h8-10,23,27-32,41H,1,11-22H2,2-7H3,(H,40,44)(H,42,43)/t27-,28+,29-,30+,31-,32+,36-,37+,38+,39-/m0/s1. The summed E-state index contributed by atoms with van der Waals surface area (Å²) in [5.41, 5.74) is 2.72. The van der Waals surface area contributed by atoms with Gasteiger partial charge in [0.2, 0.25) is 5.91 Å². The number of aromatic carboxylic acids is 1. The summed E-state index contributed by atoms with van der Waals surface area (Å²) in [6.45, 7) is 19.7. The monoisotopic (exact) mass is 603 g/mol. The van der Waals surface area contributed by atoms with Crippen molar-refractivity contribution < 1.29 is 19.8 Å². The third kappa shape index (κ3) is 4.41. The van der Waals surface area contributed by atoms with E-state index in [0.29, 0.717) is 48.1 Å². The van der Waals surface area contributed by atoms with Gasteiger partial charge >= 0.3 is 5.97 Å². The number of amides is 1. The molecule has 242 valence electrons. The number of allylic oxidation sites excluding steroid dienone is 1. The zero-order valence-corrected chi connectivity index (χ0v) is 28.2. The fourth-order valence-electron chi connectivity index (χ4n) is 12.9. The molecular weight excluding hydrogens is 546 g/mol. The number of aliphatic hydroxyl groups is 1. The molecule has 6 rings (SSSR count). The Morgan fingerprint density at radius 1 is 0.909 bits per heavy atom. The molecule has 5 saturated carbocycles. The van der Waals surface area contributed by atoms with E-state index in [1.54, 1.807) is 18.2 Å². The van der Waals surface area contributed by atoms with Crippen LogP contribution in [0.1, 0.15) is 122 Å². The quantitative estimate of drug-likeness (QED) is 0.287. The highest BCUT2D eigenvalue weighted by molar-refractivity contribution is 5.87. The summed E-state index contributed by atoms with van der Waals surface area (Å²) in [4.78, 5) is 25.8. The summed E-state index contributed by atoms with van der Waals surface area (Å²) in [5, 5.41) is 23.8. The second-order valence-corrected chi connectivity index (χ2v) is 17.2. The molecule has 1 aromatic rings. The van der Waals surface area contributed by atoms with Crippen LogP contribution in [-0.4, -0.2) is 34.7 Å². The topological polar surface area (TPSA) is 86.6 Å². The van der Waals surface area contributed by atoms with Crippen molar-refractivity contribution in [1.29, 1.82) is 0 Å². The maximum Gasteiger partial charge on any atom is 0.335 e. The summed E-state index contributed by atoms with van der Waals surface area (Å²) in [7, 11) is 0. The van der Waals surface area contributed by atoms with Gasteiger partial charge in [0, 0.05) is 6.54 Å². The van der Waals surface area contributed by atoms with Gasteiger partial charge in [-0.05, 0) is 146 Å². The molecule has 0 radical (unpaired) electrons. The van der Waals surface area contributed by atoms with Crippen LogP contribution in [0.2, 0.25) is 0 Å². The largest absolute Gasteiger partial charge is 0.478 e. The van der Waals surface area contributed by atoms with Crippen molar-refractivity contribution in [1.82, 2.24) is 5.32 Å². The average molecular weight is 604 g/mol. The Balaban J connectivity index is 1.27. The molecule has 3 N–H and O–H groups in total. The number of aliphatic hydroxyl groups excluding tert-OH is 1. The molecular formula is C39H57NO4. The first kappa shape index (κ1) is 31.8. The van der Waals surface area contributed by atoms with Crippen LogP contribution in [0.3, 0.4) is 0 Å². The van der Waals surface area contributed by atoms with E-state index in [2.05, 4.69) is 53.4 Å². The second kappa shape index (κ2) is 10.7. The molecule has 1 aromatic carbocycles. The van der Waals surface area contributed by atoms with E-state index < -0.39 is 5.97 Å². The molecule has 0 bridgehead atoms. The van der Waals surface area contributed by atoms with Gasteiger partial charge in [-0.15, -0.1) is 0 Å². The molecule has 10 atom stereocenters. The first-order valence-electron chi connectivity index (χ1n) is 17.6. The van der Waals surface area contributed by atoms with Gasteiger partial charge in [0.1, 0.15) is 0 Å². The number of rotatable bonds is 6. The smallest absolute Gasteiger partial charge is 0.335 e. The van der Waals surface area contributed by atoms with Gasteiger partial charge in [-0.1, -0.05) is 58.9 Å². The van der Waals surface area contributed by atoms with Crippen molar-refractivity contribution in [2.75, 3.05) is 6.54 Å². The minimum Gasteiger partial charge on any atom is -0.478 e. The van der Waals surface area contributed by atoms with Crippen LogP contribution in [0.25, 0.3) is 0 Å². The highest BCUT2D eigenvalue weighted by atomic mass is 16.4. The van der Waals surface area contributed by atoms with E-state index in [1.807, 2.05) is 6.07 Å². The van der Waals surface area contributed by atoms with Crippen LogP contribution in [-0.2, 0) is 11.2 Å². The molecule has 5 heteroatoms. The van der Waals surface area contributed by atoms with Crippen molar-refractivity contribution >= 4 is 11.9 Å². The maximum absolute atomic E-state index is 14.4. The molecule has 5 aliphatic carbocycles. The predicted octanol–water partition coefficient (Wildman–Crippen LogP) is 8.06. The zero-order valence-electron chi connectivity index (χ0n) is 28.2. The van der Waals surface area contributed by atoms with Gasteiger partial charge in [0.05, 0.1) is 17.1 Å². The van der Waals surface area contributed by atoms with Crippen LogP contribution >= 0.6 is 0 Å². The average Bonchev–Trinajstić information content (AvgIpc) is 3.37. The van der Waals surface area contributed by atoms with E-state index in [-0.39, 0.29) is 39.1 Å². The molecule has 5 nitrogen and oxygen atoms in total. The third-order valence-electron chi connectivity index (χ3n) is 15.4. The van der Waals surface area contributed by atoms with Crippen LogP contribution < -0.4 is 5.32 Å². The molecule has 0 unspecified atom stereocenters. The Morgan fingerprint density at radius 2 is 1.66 bits per heavy atom. The Hall–Kier alpha value is -2.14. The first-order valence-corrected chi connectivity index (χ1v) is 17.6. The van der Waals surface area contributed by atoms with Crippen molar-refractivity contribution in [3.8, 4) is 0 Å². The van der Waals surface area contributed by atoms with Crippen LogP contribution in [0.5, 0.6) is 0 Å². The highest BCUT2D eigenvalue weighted by Gasteiger charge is 2.71. The van der Waals surface area contributed by atoms with Gasteiger partial charge in [0.15, 0.2) is 0 Å². The Kier molecular flexibility index (Phi) is 7.75. The number of nitrogens with one attached hydrogen (secondary N) is 1. The van der Waals surface area contributed by atoms with Gasteiger partial charge in [-0.2, -0.15) is 0 Å². The predicted molar refractivity (Wildman–Crippen MR) is 175 cm³/mol. The van der Waals surface area contributed by atoms with E-state index in [0.717, 1.165) is 44.1 Å². The lowest BCUT2D eigenvalue weighted by Crippen LogP contribution is -2.67. The molecule has 44 heavy (non-hydrogen) atoms. The number of benzene rings is 1. The van der Waals surface area contributed by atoms with Crippen molar-refractivity contribution in [2.24, 2.45) is 56.7 Å². The minimum atomic E-state index is -0.921. The molecule has 0 saturated heterocycles. The summed E-state index contributed by atoms with van der Waals surface area (Å²) >= 11 is 0. The van der Waals surface area contributed by atoms with Crippen LogP contribution in [0.4, 0.5) is 0 Å². The molecule has 0 aromatic heterocycles. The number of fused-ring (bicyclic) bond motifs is 7. The Bertz CT molecular complexity index is 1330. The highest BCUT2D eigenvalue weighted by Crippen LogP contribution is 2.77. The molecule has 0 aliphatic heterocycles. The van der Waals surface area contributed by atoms with E-state index in [1.165, 1.54) is 31.3 Å². The lowest BCUT2D eigenvalue weighted by Gasteiger charge is -2.72. The lowest BCUT2D eigenvalue weighted by atomic mass is 9.32. The maximum atomic E-state index is 14.4. The SMILES string of the molecule is C=C(C)[C@@H]1CC[C@]2(C(=O)NCCc3cccc(C(=O)O)c3)CC[C@]3(C)[C@H](CC[C@@H]4[C@@]5(C)CC[C@H](O)C(C)(C)[C@@H]5CC[C@]43C)[C@@H]12. The molecule has 1 amide bonds. The third-order valence-corrected chi connectivity index (χ3v) is 15.4. The Morgan fingerprint density at radius 3 is 2.36 bits per heavy atom. The summed E-state index contributed by atoms with van der Waals surface area (Å²) in [6, 6.07) is 7.06. The number of hydrogen-bond donors (Lipinski definition) is 3. The fourth-order valence-corrected chi connectivity index (χ4v) is 12.9. The molecule has 5 fully saturated rings. The fraction of sp³-hybridized carbons (Fsp3) is 0.744. The molecule has 0 heterocycles. The van der Waals surface area contributed by atoms with E-state index in [9.17, 15) is 19.8 Å². The van der Waals surface area contributed by atoms with E-state index >= 15 is 0 Å². The summed E-state index contributed by atoms with van der Waals surface area (Å²) in [6.07, 6.45) is 11.3. The van der Waals surface area contributed by atoms with Gasteiger partial charge in [0.25, 0.3) is 0 Å². The second-order valence-electron chi connectivity index (χ2n) is 17.2. The normalized spacial score (nSPS) is 44.0. The lowest BCUT2D eigenvalue weighted by molar-refractivity contribution is -0.246. The van der Waals surface area contributed by atoms with Gasteiger partial charge in [-0.25, -0.2) is 4.79 Å². The van der Waals surface area contributed by atoms with Crippen molar-refractivity contribution in [2.45, 2.75) is 118 Å². The Labute approximate surface area is 265 Å². The van der Waals surface area contributed by atoms with Gasteiger partial charge in [-0.3, -0.25) is 4.79 Å². The number of carboxylic acids is 1. The number of hydrogen-bond acceptors (Lipinski definition) is 3. The van der Waals surface area contributed by atoms with Crippen molar-refractivity contribution in [3.05, 3.63) is 47.5 Å². The molecule has 5 aliphatic rings. The summed E-state index contributed by atoms with van der Waals surface area (Å²) < 4.78 is 0. The first-order chi connectivity index (χ1) is 20.6. The number of carbonyl (C=O) groups excluding carboxylic acids is 1.